The Bertz CT molecular complexity index is 1140. The quantitative estimate of drug-likeness (QED) is 0.0962. The summed E-state index contributed by atoms with van der Waals surface area (Å²) in [7, 11) is 0. The molecule has 1 aromatic carbocycles. The van der Waals surface area contributed by atoms with Crippen LogP contribution in [0.2, 0.25) is 0 Å². The molecule has 7 nitrogen and oxygen atoms in total. The SMILES string of the molecule is CCCCCCCCCCC=C/C=C/[C@@H](Sc1ccc2c(=O)cc(C(=O)O)oc2c1)[C@@H](O)CCCC(=O)O. The van der Waals surface area contributed by atoms with Crippen LogP contribution in [0.3, 0.4) is 0 Å². The molecule has 208 valence electrons. The first-order valence-corrected chi connectivity index (χ1v) is 14.4. The van der Waals surface area contributed by atoms with Gasteiger partial charge in [0.25, 0.3) is 0 Å². The largest absolute Gasteiger partial charge is 0.481 e. The summed E-state index contributed by atoms with van der Waals surface area (Å²) in [4.78, 5) is 35.1. The maximum atomic E-state index is 12.2. The van der Waals surface area contributed by atoms with E-state index in [2.05, 4.69) is 13.0 Å². The van der Waals surface area contributed by atoms with Crippen LogP contribution in [0.4, 0.5) is 0 Å². The van der Waals surface area contributed by atoms with Crippen LogP contribution in [0.15, 0.2) is 62.7 Å². The van der Waals surface area contributed by atoms with Crippen molar-refractivity contribution in [1.82, 2.24) is 0 Å². The second kappa shape index (κ2) is 17.6. The number of aromatic carboxylic acids is 1. The lowest BCUT2D eigenvalue weighted by atomic mass is 10.1. The monoisotopic (exact) mass is 544 g/mol. The first kappa shape index (κ1) is 31.4. The highest BCUT2D eigenvalue weighted by atomic mass is 32.2. The van der Waals surface area contributed by atoms with Crippen molar-refractivity contribution in [2.24, 2.45) is 0 Å². The summed E-state index contributed by atoms with van der Waals surface area (Å²) in [6, 6.07) is 5.86. The zero-order valence-corrected chi connectivity index (χ0v) is 23.0. The van der Waals surface area contributed by atoms with Crippen LogP contribution in [0.1, 0.15) is 94.5 Å². The third-order valence-electron chi connectivity index (χ3n) is 6.23. The summed E-state index contributed by atoms with van der Waals surface area (Å²) in [5, 5.41) is 28.8. The molecule has 1 heterocycles. The lowest BCUT2D eigenvalue weighted by Gasteiger charge is -2.19. The molecule has 1 aromatic heterocycles. The molecule has 2 aromatic rings. The van der Waals surface area contributed by atoms with Gasteiger partial charge in [-0.1, -0.05) is 76.2 Å². The molecule has 0 aliphatic rings. The van der Waals surface area contributed by atoms with Gasteiger partial charge >= 0.3 is 11.9 Å². The number of hydrogen-bond acceptors (Lipinski definition) is 6. The van der Waals surface area contributed by atoms with Gasteiger partial charge in [-0.2, -0.15) is 0 Å². The van der Waals surface area contributed by atoms with Crippen LogP contribution in [0.25, 0.3) is 11.0 Å². The summed E-state index contributed by atoms with van der Waals surface area (Å²) < 4.78 is 5.39. The number of fused-ring (bicyclic) bond motifs is 1. The van der Waals surface area contributed by atoms with Gasteiger partial charge in [0.05, 0.1) is 16.7 Å². The van der Waals surface area contributed by atoms with Gasteiger partial charge in [-0.05, 0) is 43.9 Å². The average molecular weight is 545 g/mol. The number of aliphatic hydroxyl groups is 1. The van der Waals surface area contributed by atoms with Crippen LogP contribution < -0.4 is 5.43 Å². The second-order valence-electron chi connectivity index (χ2n) is 9.45. The van der Waals surface area contributed by atoms with Crippen LogP contribution >= 0.6 is 11.8 Å². The van der Waals surface area contributed by atoms with Gasteiger partial charge in [0.2, 0.25) is 5.76 Å². The fourth-order valence-corrected chi connectivity index (χ4v) is 5.19. The number of aliphatic hydroxyl groups excluding tert-OH is 1. The van der Waals surface area contributed by atoms with Gasteiger partial charge in [-0.15, -0.1) is 11.8 Å². The fraction of sp³-hybridized carbons (Fsp3) is 0.500. The van der Waals surface area contributed by atoms with E-state index >= 15 is 0 Å². The Hall–Kier alpha value is -2.84. The van der Waals surface area contributed by atoms with E-state index in [0.717, 1.165) is 18.9 Å². The van der Waals surface area contributed by atoms with Crippen molar-refractivity contribution < 1.29 is 29.3 Å². The number of rotatable bonds is 19. The molecule has 0 bridgehead atoms. The minimum atomic E-state index is -1.32. The third kappa shape index (κ3) is 11.7. The highest BCUT2D eigenvalue weighted by molar-refractivity contribution is 8.00. The molecule has 2 atom stereocenters. The zero-order chi connectivity index (χ0) is 27.8. The maximum Gasteiger partial charge on any atom is 0.371 e. The van der Waals surface area contributed by atoms with Crippen molar-refractivity contribution in [3.8, 4) is 0 Å². The van der Waals surface area contributed by atoms with Gasteiger partial charge in [0.1, 0.15) is 5.58 Å². The Morgan fingerprint density at radius 2 is 1.68 bits per heavy atom. The molecule has 0 saturated carbocycles. The molecule has 0 radical (unpaired) electrons. The molecule has 38 heavy (non-hydrogen) atoms. The van der Waals surface area contributed by atoms with E-state index in [0.29, 0.717) is 17.7 Å². The summed E-state index contributed by atoms with van der Waals surface area (Å²) >= 11 is 1.35. The molecule has 3 N–H and O–H groups in total. The van der Waals surface area contributed by atoms with Gasteiger partial charge < -0.3 is 19.7 Å². The molecule has 0 aliphatic carbocycles. The Kier molecular flexibility index (Phi) is 14.6. The lowest BCUT2D eigenvalue weighted by molar-refractivity contribution is -0.137. The molecule has 8 heteroatoms. The minimum absolute atomic E-state index is 0.0181. The number of carboxylic acids is 2. The van der Waals surface area contributed by atoms with Crippen molar-refractivity contribution >= 4 is 34.7 Å². The fourth-order valence-electron chi connectivity index (χ4n) is 4.09. The number of thioether (sulfide) groups is 1. The molecule has 0 aliphatic heterocycles. The van der Waals surface area contributed by atoms with Crippen LogP contribution in [-0.4, -0.2) is 38.6 Å². The standard InChI is InChI=1S/C30H40O7S/c1-2-3-4-5-6-7-8-9-10-11-12-13-16-28(24(31)15-14-17-29(33)34)38-22-18-19-23-25(32)21-27(30(35)36)37-26(23)20-22/h11-13,16,18-21,24,28,31H,2-10,14-15,17H2,1H3,(H,33,34)(H,35,36)/b12-11?,16-13+/t24-,28+/m0/s1. The number of carboxylic acid groups (broad SMARTS) is 2. The number of benzene rings is 1. The van der Waals surface area contributed by atoms with Crippen LogP contribution in [0, 0.1) is 0 Å². The van der Waals surface area contributed by atoms with Crippen LogP contribution in [0.5, 0.6) is 0 Å². The predicted octanol–water partition coefficient (Wildman–Crippen LogP) is 7.21. The Morgan fingerprint density at radius 1 is 0.974 bits per heavy atom. The smallest absolute Gasteiger partial charge is 0.371 e. The number of carbonyl (C=O) groups is 2. The Labute approximate surface area is 228 Å². The second-order valence-corrected chi connectivity index (χ2v) is 10.7. The first-order chi connectivity index (χ1) is 18.3. The van der Waals surface area contributed by atoms with E-state index in [1.165, 1.54) is 56.7 Å². The van der Waals surface area contributed by atoms with Crippen molar-refractivity contribution in [3.05, 3.63) is 64.6 Å². The third-order valence-corrected chi connectivity index (χ3v) is 7.50. The van der Waals surface area contributed by atoms with E-state index in [-0.39, 0.29) is 22.6 Å². The number of hydrogen-bond donors (Lipinski definition) is 3. The minimum Gasteiger partial charge on any atom is -0.481 e. The van der Waals surface area contributed by atoms with Gasteiger partial charge in [0, 0.05) is 17.4 Å². The van der Waals surface area contributed by atoms with Gasteiger partial charge in [0.15, 0.2) is 5.43 Å². The van der Waals surface area contributed by atoms with Crippen molar-refractivity contribution in [2.45, 2.75) is 100 Å². The normalized spacial score (nSPS) is 13.4. The molecule has 0 spiro atoms. The topological polar surface area (TPSA) is 125 Å². The first-order valence-electron chi connectivity index (χ1n) is 13.5. The zero-order valence-electron chi connectivity index (χ0n) is 22.1. The summed E-state index contributed by atoms with van der Waals surface area (Å²) in [6.07, 6.45) is 18.9. The molecule has 0 unspecified atom stereocenters. The van der Waals surface area contributed by atoms with Crippen molar-refractivity contribution in [1.29, 1.82) is 0 Å². The molecular weight excluding hydrogens is 504 g/mol. The molecular formula is C30H40O7S. The van der Waals surface area contributed by atoms with Gasteiger partial charge in [-0.3, -0.25) is 9.59 Å². The van der Waals surface area contributed by atoms with E-state index in [9.17, 15) is 24.6 Å². The van der Waals surface area contributed by atoms with E-state index in [1.807, 2.05) is 18.2 Å². The highest BCUT2D eigenvalue weighted by Gasteiger charge is 2.19. The van der Waals surface area contributed by atoms with Crippen molar-refractivity contribution in [3.63, 3.8) is 0 Å². The summed E-state index contributed by atoms with van der Waals surface area (Å²) in [5.74, 6) is -2.66. The van der Waals surface area contributed by atoms with E-state index < -0.39 is 29.2 Å². The molecule has 0 fully saturated rings. The molecule has 0 amide bonds. The van der Waals surface area contributed by atoms with Crippen molar-refractivity contribution in [2.75, 3.05) is 0 Å². The molecule has 2 rings (SSSR count). The Morgan fingerprint density at radius 3 is 2.37 bits per heavy atom. The van der Waals surface area contributed by atoms with E-state index in [4.69, 9.17) is 9.52 Å². The van der Waals surface area contributed by atoms with E-state index in [1.54, 1.807) is 18.2 Å². The Balaban J connectivity index is 2.00. The predicted molar refractivity (Wildman–Crippen MR) is 152 cm³/mol. The number of aliphatic carboxylic acids is 1. The van der Waals surface area contributed by atoms with Crippen LogP contribution in [-0.2, 0) is 4.79 Å². The molecule has 0 saturated heterocycles. The number of unbranched alkanes of at least 4 members (excludes halogenated alkanes) is 8. The highest BCUT2D eigenvalue weighted by Crippen LogP contribution is 2.30. The average Bonchev–Trinajstić information content (AvgIpc) is 2.88. The summed E-state index contributed by atoms with van der Waals surface area (Å²) in [5.41, 5.74) is -0.278. The summed E-state index contributed by atoms with van der Waals surface area (Å²) in [6.45, 7) is 2.23. The lowest BCUT2D eigenvalue weighted by Crippen LogP contribution is -2.21. The maximum absolute atomic E-state index is 12.2. The number of allylic oxidation sites excluding steroid dienone is 3. The van der Waals surface area contributed by atoms with Gasteiger partial charge in [-0.25, -0.2) is 4.79 Å².